The number of hydrogen-bond donors (Lipinski definition) is 4. The third-order valence-electron chi connectivity index (χ3n) is 14.6. The molecule has 4 amide bonds. The molecular formula is C75H68N10O7Zn2. The van der Waals surface area contributed by atoms with Gasteiger partial charge in [-0.05, 0) is 96.5 Å². The van der Waals surface area contributed by atoms with Crippen LogP contribution in [0.25, 0.3) is 33.7 Å². The molecule has 0 fully saturated rings. The summed E-state index contributed by atoms with van der Waals surface area (Å²) in [5.74, 6) is -2.17. The minimum absolute atomic E-state index is 0. The number of rotatable bonds is 15. The quantitative estimate of drug-likeness (QED) is 0.0334. The Morgan fingerprint density at radius 3 is 1.38 bits per heavy atom. The van der Waals surface area contributed by atoms with Crippen molar-refractivity contribution >= 4 is 82.1 Å². The van der Waals surface area contributed by atoms with E-state index in [-0.39, 0.29) is 124 Å². The summed E-state index contributed by atoms with van der Waals surface area (Å²) >= 11 is 0. The SMILES string of the molecule is [C-]#[N+]c1c(-c2ccccc2)c(/C=C2\N=C(NC(=O)c3ccccc3)C(C#N)=C2c2ccccc2)n([CH2-])c1NC(=O)c1ccccc1.[CH2-]n1c(/C=C2\N=C(NC(=O)c3ccccc3)C(C(=O)OCC)=C2C(C)C)c(C(C)C)c(C(C)=O)c1NC(=O)c1ccccc1.[CH3-].[CH3-].[Zn+2].[Zn+2]. The summed E-state index contributed by atoms with van der Waals surface area (Å²) in [6, 6.07) is 55.5. The van der Waals surface area contributed by atoms with E-state index >= 15 is 0 Å². The van der Waals surface area contributed by atoms with Crippen LogP contribution < -0.4 is 21.3 Å². The van der Waals surface area contributed by atoms with Crippen molar-refractivity contribution < 1.29 is 72.5 Å². The van der Waals surface area contributed by atoms with Gasteiger partial charge in [-0.3, -0.25) is 24.0 Å². The molecule has 94 heavy (non-hydrogen) atoms. The van der Waals surface area contributed by atoms with Crippen LogP contribution in [-0.2, 0) is 48.5 Å². The Hall–Kier alpha value is -10.8. The summed E-state index contributed by atoms with van der Waals surface area (Å²) in [6.07, 6.45) is 3.46. The summed E-state index contributed by atoms with van der Waals surface area (Å²) in [6.45, 7) is 19.1. The van der Waals surface area contributed by atoms with E-state index in [1.807, 2.05) is 107 Å². The monoisotopic (exact) mass is 1350 g/mol. The number of nitrogens with one attached hydrogen (secondary N) is 4. The molecule has 4 N–H and O–H groups in total. The molecule has 17 nitrogen and oxygen atoms in total. The van der Waals surface area contributed by atoms with Crippen molar-refractivity contribution in [2.24, 2.45) is 15.9 Å². The van der Waals surface area contributed by atoms with E-state index in [1.165, 1.54) is 16.1 Å². The van der Waals surface area contributed by atoms with E-state index in [9.17, 15) is 34.0 Å². The summed E-state index contributed by atoms with van der Waals surface area (Å²) in [4.78, 5) is 92.3. The van der Waals surface area contributed by atoms with Crippen LogP contribution in [-0.4, -0.2) is 62.8 Å². The molecule has 2 aliphatic heterocycles. The number of ether oxygens (including phenoxy) is 1. The van der Waals surface area contributed by atoms with Gasteiger partial charge in [0.25, 0.3) is 11.8 Å². The Kier molecular flexibility index (Phi) is 26.3. The van der Waals surface area contributed by atoms with Crippen LogP contribution in [0.5, 0.6) is 0 Å². The van der Waals surface area contributed by atoms with Gasteiger partial charge in [-0.15, -0.1) is 14.1 Å². The van der Waals surface area contributed by atoms with Crippen molar-refractivity contribution in [1.82, 2.24) is 19.8 Å². The first-order valence-electron chi connectivity index (χ1n) is 28.8. The molecule has 0 atom stereocenters. The zero-order chi connectivity index (χ0) is 64.2. The number of aliphatic imine (C=N–C) groups is 2. The van der Waals surface area contributed by atoms with E-state index < -0.39 is 23.7 Å². The van der Waals surface area contributed by atoms with Gasteiger partial charge in [0.1, 0.15) is 23.1 Å². The van der Waals surface area contributed by atoms with Gasteiger partial charge in [-0.1, -0.05) is 196 Å². The molecule has 464 valence electrons. The molecule has 0 radical (unpaired) electrons. The fourth-order valence-corrected chi connectivity index (χ4v) is 10.5. The second-order valence-electron chi connectivity index (χ2n) is 21.2. The molecule has 0 aliphatic carbocycles. The number of nitriles is 1. The normalized spacial score (nSPS) is 12.9. The molecule has 2 aromatic heterocycles. The third kappa shape index (κ3) is 16.1. The van der Waals surface area contributed by atoms with Crippen LogP contribution >= 0.6 is 0 Å². The minimum atomic E-state index is -0.610. The fourth-order valence-electron chi connectivity index (χ4n) is 10.5. The Morgan fingerprint density at radius 1 is 0.574 bits per heavy atom. The summed E-state index contributed by atoms with van der Waals surface area (Å²) in [5.41, 5.74) is 8.06. The van der Waals surface area contributed by atoms with Crippen molar-refractivity contribution in [1.29, 1.82) is 5.26 Å². The number of anilines is 2. The molecule has 0 spiro atoms. The molecule has 8 aromatic rings. The number of carbonyl (C=O) groups is 6. The van der Waals surface area contributed by atoms with Gasteiger partial charge in [0.05, 0.1) is 24.6 Å². The van der Waals surface area contributed by atoms with Gasteiger partial charge in [0.15, 0.2) is 17.3 Å². The van der Waals surface area contributed by atoms with Crippen LogP contribution in [0.2, 0.25) is 0 Å². The minimum Gasteiger partial charge on any atom is -0.478 e. The summed E-state index contributed by atoms with van der Waals surface area (Å²) in [5, 5.41) is 21.7. The zero-order valence-corrected chi connectivity index (χ0v) is 59.6. The summed E-state index contributed by atoms with van der Waals surface area (Å²) in [7, 11) is 8.42. The number of nitrogens with zero attached hydrogens (tertiary/aromatic N) is 6. The topological polar surface area (TPSA) is 222 Å². The van der Waals surface area contributed by atoms with Gasteiger partial charge in [-0.25, -0.2) is 19.6 Å². The molecule has 6 aromatic carbocycles. The number of allylic oxidation sites excluding steroid dienone is 2. The van der Waals surface area contributed by atoms with Crippen molar-refractivity contribution in [3.8, 4) is 17.2 Å². The van der Waals surface area contributed by atoms with Crippen molar-refractivity contribution in [3.05, 3.63) is 301 Å². The molecular weight excluding hydrogens is 1280 g/mol. The van der Waals surface area contributed by atoms with Crippen LogP contribution in [0.4, 0.5) is 17.3 Å². The number of aromatic nitrogens is 2. The maximum atomic E-state index is 13.3. The molecule has 2 aliphatic rings. The number of carbonyl (C=O) groups excluding carboxylic acids is 6. The van der Waals surface area contributed by atoms with Crippen LogP contribution in [0.1, 0.15) is 122 Å². The largest absolute Gasteiger partial charge is 2.00 e. The predicted molar refractivity (Wildman–Crippen MR) is 364 cm³/mol. The average Bonchev–Trinajstić information content (AvgIpc) is 1.61. The van der Waals surface area contributed by atoms with Crippen molar-refractivity contribution in [2.45, 2.75) is 47.5 Å². The second-order valence-corrected chi connectivity index (χ2v) is 21.2. The maximum absolute atomic E-state index is 13.3. The second kappa shape index (κ2) is 33.5. The predicted octanol–water partition coefficient (Wildman–Crippen LogP) is 15.1. The van der Waals surface area contributed by atoms with Gasteiger partial charge in [-0.2, -0.15) is 5.26 Å². The number of Topliss-reactive ketones (excluding diaryl/α,β-unsaturated/α-hetero) is 1. The Morgan fingerprint density at radius 2 is 0.968 bits per heavy atom. The molecule has 19 heteroatoms. The first-order chi connectivity index (χ1) is 43.4. The van der Waals surface area contributed by atoms with E-state index in [2.05, 4.69) is 46.3 Å². The average molecular weight is 1350 g/mol. The first-order valence-corrected chi connectivity index (χ1v) is 28.8. The van der Waals surface area contributed by atoms with Crippen LogP contribution in [0.3, 0.4) is 0 Å². The van der Waals surface area contributed by atoms with E-state index in [4.69, 9.17) is 21.3 Å². The van der Waals surface area contributed by atoms with E-state index in [0.717, 1.165) is 5.56 Å². The molecule has 0 unspecified atom stereocenters. The molecule has 0 saturated carbocycles. The maximum Gasteiger partial charge on any atom is 2.00 e. The third-order valence-corrected chi connectivity index (χ3v) is 14.6. The van der Waals surface area contributed by atoms with E-state index in [1.54, 1.807) is 122 Å². The van der Waals surface area contributed by atoms with Crippen LogP contribution in [0.15, 0.2) is 220 Å². The molecule has 0 saturated heterocycles. The van der Waals surface area contributed by atoms with Crippen LogP contribution in [0, 0.1) is 52.8 Å². The smallest absolute Gasteiger partial charge is 0.478 e. The Balaban J connectivity index is 0.000000327. The Bertz CT molecular complexity index is 4400. The number of ketones is 1. The van der Waals surface area contributed by atoms with Crippen molar-refractivity contribution in [2.75, 3.05) is 17.2 Å². The number of amidine groups is 2. The number of amides is 4. The van der Waals surface area contributed by atoms with Gasteiger partial charge in [0, 0.05) is 39.5 Å². The number of esters is 1. The van der Waals surface area contributed by atoms with Gasteiger partial charge >= 0.3 is 44.9 Å². The molecule has 0 bridgehead atoms. The summed E-state index contributed by atoms with van der Waals surface area (Å²) < 4.78 is 8.39. The first kappa shape index (κ1) is 73.9. The fraction of sp³-hybridized carbons (Fsp3) is 0.120. The number of benzene rings is 6. The van der Waals surface area contributed by atoms with Gasteiger partial charge in [0.2, 0.25) is 11.8 Å². The zero-order valence-electron chi connectivity index (χ0n) is 53.7. The van der Waals surface area contributed by atoms with Gasteiger partial charge < -0.3 is 50.0 Å². The Labute approximate surface area is 574 Å². The standard InChI is InChI=1S/C38H25N6O2.C35H37N4O5.2CH3.2Zn/c1-40-34-33(26-17-9-4-10-18-26)31(44(2)36(34)43-38(46)28-21-13-6-14-22-28)23-30-32(25-15-7-3-8-16-25)29(24-39)35(41-30)42-37(45)27-19-11-5-12-20-27;1-8-44-35(43)30-27(20(2)3)25(36-31(30)37-33(41)23-15-11-9-12-16-23)19-26-28(21(4)5)29(22(6)40)32(39(26)7)38-34(42)24-17-13-10-14-18-24;;;;/h3-23H,2H2,(H,43,46)(H,41,42,45);9-21H,7-8H2,1-6H3,(H,38,42)(H,36,37,41);2*1H3;;/q4*-1;2*+2/b30-23-;25-19-;;;;. The molecule has 4 heterocycles. The molecule has 10 rings (SSSR count). The van der Waals surface area contributed by atoms with Crippen molar-refractivity contribution in [3.63, 3.8) is 0 Å². The van der Waals surface area contributed by atoms with E-state index in [0.29, 0.717) is 78.4 Å². The number of hydrogen-bond acceptors (Lipinski definition) is 10.